The topological polar surface area (TPSA) is 70.8 Å². The highest BCUT2D eigenvalue weighted by Crippen LogP contribution is 2.26. The standard InChI is InChI=1S/C19H16ClNO5/c1-23-15-7-8-16(18(10-15)24-2)19(22)25-11-14-9-17(26-21-14)12-3-5-13(20)6-4-12/h3-10H,11H2,1-2H3. The fourth-order valence-corrected chi connectivity index (χ4v) is 2.44. The third kappa shape index (κ3) is 3.97. The largest absolute Gasteiger partial charge is 0.497 e. The number of rotatable bonds is 6. The molecule has 6 nitrogen and oxygen atoms in total. The number of carbonyl (C=O) groups is 1. The number of hydrogen-bond donors (Lipinski definition) is 0. The predicted molar refractivity (Wildman–Crippen MR) is 95.6 cm³/mol. The van der Waals surface area contributed by atoms with Crippen molar-refractivity contribution in [2.75, 3.05) is 14.2 Å². The zero-order valence-corrected chi connectivity index (χ0v) is 14.9. The van der Waals surface area contributed by atoms with E-state index < -0.39 is 5.97 Å². The Morgan fingerprint density at radius 1 is 1.08 bits per heavy atom. The summed E-state index contributed by atoms with van der Waals surface area (Å²) in [6, 6.07) is 13.7. The maximum atomic E-state index is 12.3. The molecular weight excluding hydrogens is 358 g/mol. The Morgan fingerprint density at radius 2 is 1.85 bits per heavy atom. The van der Waals surface area contributed by atoms with Crippen LogP contribution in [0, 0.1) is 0 Å². The molecule has 1 heterocycles. The molecule has 0 aliphatic heterocycles. The van der Waals surface area contributed by atoms with E-state index in [0.717, 1.165) is 5.56 Å². The third-order valence-electron chi connectivity index (χ3n) is 3.67. The molecule has 134 valence electrons. The lowest BCUT2D eigenvalue weighted by Crippen LogP contribution is -2.07. The first-order valence-corrected chi connectivity index (χ1v) is 8.09. The number of hydrogen-bond acceptors (Lipinski definition) is 6. The van der Waals surface area contributed by atoms with E-state index in [-0.39, 0.29) is 6.61 Å². The average Bonchev–Trinajstić information content (AvgIpc) is 3.15. The van der Waals surface area contributed by atoms with Gasteiger partial charge in [0.05, 0.1) is 14.2 Å². The van der Waals surface area contributed by atoms with Crippen LogP contribution >= 0.6 is 11.6 Å². The van der Waals surface area contributed by atoms with Gasteiger partial charge in [-0.25, -0.2) is 4.79 Å². The molecule has 0 aliphatic carbocycles. The number of aromatic nitrogens is 1. The maximum Gasteiger partial charge on any atom is 0.342 e. The van der Waals surface area contributed by atoms with E-state index in [9.17, 15) is 4.79 Å². The smallest absolute Gasteiger partial charge is 0.342 e. The second-order valence-electron chi connectivity index (χ2n) is 5.33. The van der Waals surface area contributed by atoms with Crippen LogP contribution < -0.4 is 9.47 Å². The minimum absolute atomic E-state index is 0.0227. The molecule has 1 aromatic heterocycles. The first-order valence-electron chi connectivity index (χ1n) is 7.71. The Hall–Kier alpha value is -2.99. The zero-order chi connectivity index (χ0) is 18.5. The van der Waals surface area contributed by atoms with Crippen LogP contribution in [0.3, 0.4) is 0 Å². The van der Waals surface area contributed by atoms with Crippen LogP contribution in [0.4, 0.5) is 0 Å². The van der Waals surface area contributed by atoms with Gasteiger partial charge >= 0.3 is 5.97 Å². The van der Waals surface area contributed by atoms with E-state index in [1.165, 1.54) is 14.2 Å². The van der Waals surface area contributed by atoms with E-state index in [4.69, 9.17) is 30.3 Å². The Bertz CT molecular complexity index is 905. The summed E-state index contributed by atoms with van der Waals surface area (Å²) in [4.78, 5) is 12.3. The molecule has 0 N–H and O–H groups in total. The van der Waals surface area contributed by atoms with Gasteiger partial charge in [0.1, 0.15) is 29.4 Å². The molecule has 0 amide bonds. The number of halogens is 1. The van der Waals surface area contributed by atoms with Gasteiger partial charge in [0.15, 0.2) is 5.76 Å². The van der Waals surface area contributed by atoms with Crippen molar-refractivity contribution >= 4 is 17.6 Å². The second kappa shape index (κ2) is 7.93. The second-order valence-corrected chi connectivity index (χ2v) is 5.77. The molecule has 0 bridgehead atoms. The Balaban J connectivity index is 1.68. The number of esters is 1. The van der Waals surface area contributed by atoms with Crippen molar-refractivity contribution in [2.45, 2.75) is 6.61 Å². The summed E-state index contributed by atoms with van der Waals surface area (Å²) in [7, 11) is 3.01. The van der Waals surface area contributed by atoms with Crippen LogP contribution in [0.2, 0.25) is 5.02 Å². The Morgan fingerprint density at radius 3 is 2.54 bits per heavy atom. The maximum absolute atomic E-state index is 12.3. The Kier molecular flexibility index (Phi) is 5.43. The number of methoxy groups -OCH3 is 2. The van der Waals surface area contributed by atoms with Crippen LogP contribution in [0.25, 0.3) is 11.3 Å². The summed E-state index contributed by atoms with van der Waals surface area (Å²) < 4.78 is 20.9. The van der Waals surface area contributed by atoms with Gasteiger partial charge in [-0.1, -0.05) is 16.8 Å². The first kappa shape index (κ1) is 17.8. The Labute approximate surface area is 155 Å². The van der Waals surface area contributed by atoms with Gasteiger partial charge in [-0.3, -0.25) is 0 Å². The molecule has 3 aromatic rings. The van der Waals surface area contributed by atoms with Crippen LogP contribution in [-0.2, 0) is 11.3 Å². The van der Waals surface area contributed by atoms with E-state index >= 15 is 0 Å². The van der Waals surface area contributed by atoms with Gasteiger partial charge in [-0.15, -0.1) is 0 Å². The molecule has 2 aromatic carbocycles. The van der Waals surface area contributed by atoms with Crippen molar-refractivity contribution in [3.63, 3.8) is 0 Å². The van der Waals surface area contributed by atoms with Crippen molar-refractivity contribution in [3.8, 4) is 22.8 Å². The third-order valence-corrected chi connectivity index (χ3v) is 3.92. The van der Waals surface area contributed by atoms with Gasteiger partial charge in [0.25, 0.3) is 0 Å². The molecule has 0 aliphatic rings. The van der Waals surface area contributed by atoms with Crippen molar-refractivity contribution in [1.29, 1.82) is 0 Å². The highest BCUT2D eigenvalue weighted by Gasteiger charge is 2.16. The summed E-state index contributed by atoms with van der Waals surface area (Å²) in [6.07, 6.45) is 0. The molecule has 0 atom stereocenters. The highest BCUT2D eigenvalue weighted by molar-refractivity contribution is 6.30. The van der Waals surface area contributed by atoms with Crippen LogP contribution in [0.5, 0.6) is 11.5 Å². The number of benzene rings is 2. The van der Waals surface area contributed by atoms with Gasteiger partial charge in [0, 0.05) is 22.7 Å². The monoisotopic (exact) mass is 373 g/mol. The van der Waals surface area contributed by atoms with E-state index in [0.29, 0.717) is 33.5 Å². The zero-order valence-electron chi connectivity index (χ0n) is 14.2. The summed E-state index contributed by atoms with van der Waals surface area (Å²) in [5, 5.41) is 4.55. The fraction of sp³-hybridized carbons (Fsp3) is 0.158. The number of nitrogens with zero attached hydrogens (tertiary/aromatic N) is 1. The average molecular weight is 374 g/mol. The van der Waals surface area contributed by atoms with Gasteiger partial charge < -0.3 is 18.7 Å². The minimum atomic E-state index is -0.527. The van der Waals surface area contributed by atoms with Crippen LogP contribution in [0.1, 0.15) is 16.1 Å². The van der Waals surface area contributed by atoms with Crippen molar-refractivity contribution < 1.29 is 23.5 Å². The number of carbonyl (C=O) groups excluding carboxylic acids is 1. The van der Waals surface area contributed by atoms with Gasteiger partial charge in [0.2, 0.25) is 0 Å². The summed E-state index contributed by atoms with van der Waals surface area (Å²) in [5.74, 6) is 0.995. The molecule has 0 spiro atoms. The van der Waals surface area contributed by atoms with E-state index in [1.54, 1.807) is 36.4 Å². The minimum Gasteiger partial charge on any atom is -0.497 e. The summed E-state index contributed by atoms with van der Waals surface area (Å²) >= 11 is 5.87. The quantitative estimate of drug-likeness (QED) is 0.597. The highest BCUT2D eigenvalue weighted by atomic mass is 35.5. The molecule has 7 heteroatoms. The molecule has 0 saturated carbocycles. The normalized spacial score (nSPS) is 10.4. The molecule has 0 saturated heterocycles. The summed E-state index contributed by atoms with van der Waals surface area (Å²) in [5.41, 5.74) is 1.63. The van der Waals surface area contributed by atoms with Crippen LogP contribution in [-0.4, -0.2) is 25.3 Å². The molecule has 0 radical (unpaired) electrons. The molecule has 26 heavy (non-hydrogen) atoms. The van der Waals surface area contributed by atoms with Crippen molar-refractivity contribution in [1.82, 2.24) is 5.16 Å². The molecule has 0 fully saturated rings. The lowest BCUT2D eigenvalue weighted by Gasteiger charge is -2.09. The predicted octanol–water partition coefficient (Wildman–Crippen LogP) is 4.37. The lowest BCUT2D eigenvalue weighted by atomic mass is 10.1. The van der Waals surface area contributed by atoms with Crippen molar-refractivity contribution in [2.24, 2.45) is 0 Å². The molecule has 0 unspecified atom stereocenters. The van der Waals surface area contributed by atoms with E-state index in [2.05, 4.69) is 5.16 Å². The molecular formula is C19H16ClNO5. The molecule has 3 rings (SSSR count). The fourth-order valence-electron chi connectivity index (χ4n) is 2.31. The van der Waals surface area contributed by atoms with Gasteiger partial charge in [-0.05, 0) is 36.4 Å². The first-order chi connectivity index (χ1) is 12.6. The number of ether oxygens (including phenoxy) is 3. The van der Waals surface area contributed by atoms with E-state index in [1.807, 2.05) is 12.1 Å². The van der Waals surface area contributed by atoms with Gasteiger partial charge in [-0.2, -0.15) is 0 Å². The van der Waals surface area contributed by atoms with Crippen LogP contribution in [0.15, 0.2) is 53.1 Å². The lowest BCUT2D eigenvalue weighted by molar-refractivity contribution is 0.0460. The SMILES string of the molecule is COc1ccc(C(=O)OCc2cc(-c3ccc(Cl)cc3)on2)c(OC)c1. The van der Waals surface area contributed by atoms with Crippen molar-refractivity contribution in [3.05, 3.63) is 64.8 Å². The summed E-state index contributed by atoms with van der Waals surface area (Å²) in [6.45, 7) is -0.0227.